The fraction of sp³-hybridized carbons (Fsp3) is 0.542. The van der Waals surface area contributed by atoms with Crippen molar-refractivity contribution in [2.24, 2.45) is 0 Å². The number of unbranched alkanes of at least 4 members (excludes halogenated alkanes) is 1. The quantitative estimate of drug-likeness (QED) is 0.0202. The minimum atomic E-state index is -4.67. The molecule has 0 rings (SSSR count). The SMILES string of the molecule is CC/C=C\C/C=C\C/C=C\C/C=C\C/C=C\C/C=C\CCC(=O)O[C@H](COC(=O)CCC/C=C\C/C=C\C/C=C\C/C=C\CC[C@@H](O)CC)COP(=O)(O)OC[C@@H](O)CO. The van der Waals surface area contributed by atoms with Crippen molar-refractivity contribution in [3.8, 4) is 0 Å². The van der Waals surface area contributed by atoms with Crippen LogP contribution in [0, 0.1) is 0 Å². The molecule has 4 N–H and O–H groups in total. The van der Waals surface area contributed by atoms with E-state index >= 15 is 0 Å². The highest BCUT2D eigenvalue weighted by atomic mass is 31.2. The van der Waals surface area contributed by atoms with Crippen LogP contribution in [-0.4, -0.2) is 76.9 Å². The summed E-state index contributed by atoms with van der Waals surface area (Å²) < 4.78 is 32.5. The maximum atomic E-state index is 12.6. The molecule has 0 amide bonds. The molecule has 0 fully saturated rings. The molecule has 0 radical (unpaired) electrons. The first kappa shape index (κ1) is 56.3. The van der Waals surface area contributed by atoms with Gasteiger partial charge in [0.15, 0.2) is 6.10 Å². The van der Waals surface area contributed by atoms with Crippen LogP contribution in [0.25, 0.3) is 0 Å². The largest absolute Gasteiger partial charge is 0.472 e. The van der Waals surface area contributed by atoms with Crippen molar-refractivity contribution in [3.05, 3.63) is 122 Å². The molecule has 0 aliphatic rings. The smallest absolute Gasteiger partial charge is 0.462 e. The van der Waals surface area contributed by atoms with Gasteiger partial charge in [-0.25, -0.2) is 4.57 Å². The second-order valence-corrected chi connectivity index (χ2v) is 15.2. The summed E-state index contributed by atoms with van der Waals surface area (Å²) in [6.07, 6.45) is 51.3. The summed E-state index contributed by atoms with van der Waals surface area (Å²) in [5, 5.41) is 27.9. The molecular formula is C48H75O11P. The Hall–Kier alpha value is -3.67. The number of carbonyl (C=O) groups excluding carboxylic acids is 2. The summed E-state index contributed by atoms with van der Waals surface area (Å²) in [6, 6.07) is 0. The van der Waals surface area contributed by atoms with E-state index in [-0.39, 0.29) is 18.9 Å². The van der Waals surface area contributed by atoms with Crippen LogP contribution in [0.2, 0.25) is 0 Å². The number of carbonyl (C=O) groups is 2. The molecule has 60 heavy (non-hydrogen) atoms. The number of hydrogen-bond acceptors (Lipinski definition) is 10. The molecule has 0 aromatic heterocycles. The van der Waals surface area contributed by atoms with Gasteiger partial charge in [-0.15, -0.1) is 0 Å². The first-order chi connectivity index (χ1) is 29.1. The maximum Gasteiger partial charge on any atom is 0.472 e. The second-order valence-electron chi connectivity index (χ2n) is 13.8. The van der Waals surface area contributed by atoms with E-state index in [1.165, 1.54) is 0 Å². The molecule has 4 atom stereocenters. The summed E-state index contributed by atoms with van der Waals surface area (Å²) in [5.41, 5.74) is 0. The third-order valence-electron chi connectivity index (χ3n) is 8.28. The lowest BCUT2D eigenvalue weighted by Crippen LogP contribution is -2.29. The molecule has 11 nitrogen and oxygen atoms in total. The lowest BCUT2D eigenvalue weighted by Gasteiger charge is -2.20. The molecule has 0 bridgehead atoms. The summed E-state index contributed by atoms with van der Waals surface area (Å²) in [4.78, 5) is 34.9. The first-order valence-corrected chi connectivity index (χ1v) is 23.1. The average Bonchev–Trinajstić information content (AvgIpc) is 3.24. The summed E-state index contributed by atoms with van der Waals surface area (Å²) in [5.74, 6) is -1.12. The van der Waals surface area contributed by atoms with Gasteiger partial charge in [-0.2, -0.15) is 0 Å². The van der Waals surface area contributed by atoms with Gasteiger partial charge in [0.05, 0.1) is 25.9 Å². The second kappa shape index (κ2) is 42.0. The Morgan fingerprint density at radius 2 is 0.967 bits per heavy atom. The minimum absolute atomic E-state index is 0.0324. The van der Waals surface area contributed by atoms with E-state index in [2.05, 4.69) is 103 Å². The molecule has 12 heteroatoms. The Balaban J connectivity index is 4.56. The Morgan fingerprint density at radius 3 is 1.43 bits per heavy atom. The van der Waals surface area contributed by atoms with Crippen LogP contribution in [0.3, 0.4) is 0 Å². The van der Waals surface area contributed by atoms with Crippen molar-refractivity contribution in [2.45, 2.75) is 141 Å². The third kappa shape index (κ3) is 41.1. The van der Waals surface area contributed by atoms with Crippen molar-refractivity contribution in [1.29, 1.82) is 0 Å². The Bertz CT molecular complexity index is 1420. The molecule has 0 aromatic carbocycles. The van der Waals surface area contributed by atoms with Crippen molar-refractivity contribution in [3.63, 3.8) is 0 Å². The summed E-state index contributed by atoms with van der Waals surface area (Å²) in [6.45, 7) is 1.79. The zero-order chi connectivity index (χ0) is 44.2. The summed E-state index contributed by atoms with van der Waals surface area (Å²) >= 11 is 0. The molecule has 0 heterocycles. The van der Waals surface area contributed by atoms with E-state index in [1.807, 2.05) is 37.3 Å². The van der Waals surface area contributed by atoms with Crippen molar-refractivity contribution >= 4 is 19.8 Å². The molecule has 0 saturated carbocycles. The lowest BCUT2D eigenvalue weighted by molar-refractivity contribution is -0.161. The fourth-order valence-corrected chi connectivity index (χ4v) is 5.60. The van der Waals surface area contributed by atoms with Crippen LogP contribution in [-0.2, 0) is 32.7 Å². The summed E-state index contributed by atoms with van der Waals surface area (Å²) in [7, 11) is -4.67. The molecule has 0 aliphatic heterocycles. The highest BCUT2D eigenvalue weighted by molar-refractivity contribution is 7.47. The van der Waals surface area contributed by atoms with Crippen molar-refractivity contribution in [1.82, 2.24) is 0 Å². The number of phosphoric ester groups is 1. The van der Waals surface area contributed by atoms with Gasteiger partial charge in [0.25, 0.3) is 0 Å². The first-order valence-electron chi connectivity index (χ1n) is 21.6. The molecule has 0 aliphatic carbocycles. The normalized spacial score (nSPS) is 15.5. The van der Waals surface area contributed by atoms with Gasteiger partial charge in [-0.05, 0) is 96.3 Å². The predicted octanol–water partition coefficient (Wildman–Crippen LogP) is 10.5. The lowest BCUT2D eigenvalue weighted by atomic mass is 10.1. The third-order valence-corrected chi connectivity index (χ3v) is 9.23. The van der Waals surface area contributed by atoms with E-state index in [0.717, 1.165) is 70.6 Å². The van der Waals surface area contributed by atoms with Crippen LogP contribution in [0.4, 0.5) is 0 Å². The van der Waals surface area contributed by atoms with E-state index in [1.54, 1.807) is 0 Å². The predicted molar refractivity (Wildman–Crippen MR) is 243 cm³/mol. The van der Waals surface area contributed by atoms with Crippen LogP contribution in [0.1, 0.15) is 123 Å². The Labute approximate surface area is 360 Å². The zero-order valence-corrected chi connectivity index (χ0v) is 37.1. The van der Waals surface area contributed by atoms with Crippen LogP contribution in [0.5, 0.6) is 0 Å². The van der Waals surface area contributed by atoms with Gasteiger partial charge in [-0.1, -0.05) is 135 Å². The monoisotopic (exact) mass is 859 g/mol. The van der Waals surface area contributed by atoms with E-state index in [0.29, 0.717) is 25.7 Å². The zero-order valence-electron chi connectivity index (χ0n) is 36.2. The number of allylic oxidation sites excluding steroid dienone is 20. The van der Waals surface area contributed by atoms with Gasteiger partial charge in [-0.3, -0.25) is 18.6 Å². The fourth-order valence-electron chi connectivity index (χ4n) is 4.81. The van der Waals surface area contributed by atoms with Crippen LogP contribution in [0.15, 0.2) is 122 Å². The van der Waals surface area contributed by atoms with Crippen LogP contribution < -0.4 is 0 Å². The Kier molecular flexibility index (Phi) is 39.5. The van der Waals surface area contributed by atoms with E-state index < -0.39 is 58.4 Å². The standard InChI is InChI=1S/C48H75O11P/c1-3-5-6-7-8-9-10-11-12-13-14-15-16-21-24-27-30-33-36-39-48(53)59-46(43-58-60(54,55)57-41-45(51)40-49)42-56-47(52)38-35-32-29-26-23-20-18-17-19-22-25-28-31-34-37-44(50)4-2/h5-6,8-9,11-12,14-15,18-22,24,26,28-31,33,44-46,49-51H,3-4,7,10,13,16-17,23,25,27,32,34-43H2,1-2H3,(H,54,55)/b6-5-,9-8-,12-11-,15-14-,20-18-,22-19-,24-21-,29-26-,31-28-,33-30-/t44-,45-,46+/m0/s1. The average molecular weight is 859 g/mol. The van der Waals surface area contributed by atoms with E-state index in [4.69, 9.17) is 19.1 Å². The van der Waals surface area contributed by atoms with Gasteiger partial charge in [0.1, 0.15) is 12.7 Å². The Morgan fingerprint density at radius 1 is 0.533 bits per heavy atom. The topological polar surface area (TPSA) is 169 Å². The van der Waals surface area contributed by atoms with Gasteiger partial charge in [0.2, 0.25) is 0 Å². The van der Waals surface area contributed by atoms with E-state index in [9.17, 15) is 29.3 Å². The number of aliphatic hydroxyl groups excluding tert-OH is 3. The number of esters is 2. The minimum Gasteiger partial charge on any atom is -0.462 e. The number of ether oxygens (including phenoxy) is 2. The molecule has 0 spiro atoms. The maximum absolute atomic E-state index is 12.6. The number of phosphoric acid groups is 1. The highest BCUT2D eigenvalue weighted by Crippen LogP contribution is 2.43. The van der Waals surface area contributed by atoms with Gasteiger partial charge < -0.3 is 29.7 Å². The molecule has 0 saturated heterocycles. The molecular weight excluding hydrogens is 783 g/mol. The highest BCUT2D eigenvalue weighted by Gasteiger charge is 2.27. The van der Waals surface area contributed by atoms with Gasteiger partial charge >= 0.3 is 19.8 Å². The molecule has 338 valence electrons. The molecule has 1 unspecified atom stereocenters. The van der Waals surface area contributed by atoms with Crippen LogP contribution >= 0.6 is 7.82 Å². The number of rotatable bonds is 38. The van der Waals surface area contributed by atoms with Crippen molar-refractivity contribution < 1.29 is 52.9 Å². The van der Waals surface area contributed by atoms with Crippen molar-refractivity contribution in [2.75, 3.05) is 26.4 Å². The van der Waals surface area contributed by atoms with Gasteiger partial charge in [0, 0.05) is 12.8 Å². The molecule has 0 aromatic rings. The number of hydrogen-bond donors (Lipinski definition) is 4. The number of aliphatic hydroxyl groups is 3.